The maximum atomic E-state index is 11.7. The lowest BCUT2D eigenvalue weighted by Crippen LogP contribution is -2.24. The van der Waals surface area contributed by atoms with Crippen molar-refractivity contribution in [2.75, 3.05) is 17.6 Å². The first kappa shape index (κ1) is 15.3. The first-order chi connectivity index (χ1) is 9.32. The normalized spacial score (nSPS) is 21.9. The molecule has 1 atom stereocenters. The highest BCUT2D eigenvalue weighted by molar-refractivity contribution is 7.91. The molecule has 1 saturated heterocycles. The van der Waals surface area contributed by atoms with E-state index in [0.29, 0.717) is 4.90 Å². The zero-order chi connectivity index (χ0) is 14.8. The lowest BCUT2D eigenvalue weighted by atomic mass is 10.1. The Balaban J connectivity index is 1.92. The molecule has 4 nitrogen and oxygen atoms in total. The Morgan fingerprint density at radius 1 is 1.30 bits per heavy atom. The van der Waals surface area contributed by atoms with Crippen LogP contribution in [0.25, 0.3) is 0 Å². The molecule has 0 radical (unpaired) electrons. The molecule has 20 heavy (non-hydrogen) atoms. The van der Waals surface area contributed by atoms with Gasteiger partial charge < -0.3 is 10.1 Å². The van der Waals surface area contributed by atoms with Crippen LogP contribution in [0.4, 0.5) is 5.69 Å². The molecule has 1 fully saturated rings. The van der Waals surface area contributed by atoms with Crippen molar-refractivity contribution >= 4 is 15.5 Å². The zero-order valence-electron chi connectivity index (χ0n) is 12.3. The van der Waals surface area contributed by atoms with Gasteiger partial charge in [-0.2, -0.15) is 0 Å². The number of nitrogens with one attached hydrogen (secondary N) is 1. The molecule has 112 valence electrons. The Hall–Kier alpha value is -1.07. The third-order valence-corrected chi connectivity index (χ3v) is 5.43. The van der Waals surface area contributed by atoms with Gasteiger partial charge in [-0.25, -0.2) is 8.42 Å². The van der Waals surface area contributed by atoms with Gasteiger partial charge in [0, 0.05) is 12.2 Å². The predicted molar refractivity (Wildman–Crippen MR) is 80.8 cm³/mol. The van der Waals surface area contributed by atoms with Crippen molar-refractivity contribution in [1.29, 1.82) is 0 Å². The molecular weight excluding hydrogens is 274 g/mol. The van der Waals surface area contributed by atoms with Gasteiger partial charge in [-0.15, -0.1) is 0 Å². The molecule has 1 aromatic carbocycles. The quantitative estimate of drug-likeness (QED) is 0.908. The Kier molecular flexibility index (Phi) is 4.39. The van der Waals surface area contributed by atoms with Gasteiger partial charge >= 0.3 is 0 Å². The van der Waals surface area contributed by atoms with E-state index in [-0.39, 0.29) is 17.5 Å². The van der Waals surface area contributed by atoms with Crippen LogP contribution in [-0.4, -0.2) is 32.4 Å². The van der Waals surface area contributed by atoms with E-state index < -0.39 is 9.84 Å². The molecule has 0 amide bonds. The van der Waals surface area contributed by atoms with Gasteiger partial charge in [-0.1, -0.05) is 6.92 Å². The first-order valence-electron chi connectivity index (χ1n) is 7.07. The van der Waals surface area contributed by atoms with Gasteiger partial charge in [0.15, 0.2) is 9.84 Å². The highest BCUT2D eigenvalue weighted by Crippen LogP contribution is 2.29. The van der Waals surface area contributed by atoms with Crippen molar-refractivity contribution in [1.82, 2.24) is 0 Å². The summed E-state index contributed by atoms with van der Waals surface area (Å²) in [6.07, 6.45) is 2.36. The summed E-state index contributed by atoms with van der Waals surface area (Å²) < 4.78 is 29.3. The number of benzene rings is 1. The van der Waals surface area contributed by atoms with Gasteiger partial charge in [0.05, 0.1) is 22.4 Å². The monoisotopic (exact) mass is 297 g/mol. The minimum atomic E-state index is -3.11. The minimum Gasteiger partial charge on any atom is -0.382 e. The molecule has 0 aliphatic carbocycles. The SMILES string of the molecule is CCS(=O)(=O)c1ccc(NC[C@@H]2CCC(C)(C)O2)cc1. The summed E-state index contributed by atoms with van der Waals surface area (Å²) >= 11 is 0. The Morgan fingerprint density at radius 3 is 2.45 bits per heavy atom. The van der Waals surface area contributed by atoms with Gasteiger partial charge in [-0.05, 0) is 51.0 Å². The maximum absolute atomic E-state index is 11.7. The van der Waals surface area contributed by atoms with Crippen molar-refractivity contribution in [2.45, 2.75) is 50.2 Å². The lowest BCUT2D eigenvalue weighted by Gasteiger charge is -2.19. The fraction of sp³-hybridized carbons (Fsp3) is 0.600. The summed E-state index contributed by atoms with van der Waals surface area (Å²) in [6.45, 7) is 6.62. The average Bonchev–Trinajstić information content (AvgIpc) is 2.76. The smallest absolute Gasteiger partial charge is 0.178 e. The Bertz CT molecular complexity index is 549. The minimum absolute atomic E-state index is 0.0224. The number of anilines is 1. The van der Waals surface area contributed by atoms with E-state index in [0.717, 1.165) is 25.1 Å². The molecule has 5 heteroatoms. The zero-order valence-corrected chi connectivity index (χ0v) is 13.2. The van der Waals surface area contributed by atoms with Crippen LogP contribution in [-0.2, 0) is 14.6 Å². The maximum Gasteiger partial charge on any atom is 0.178 e. The first-order valence-corrected chi connectivity index (χ1v) is 8.72. The average molecular weight is 297 g/mol. The molecule has 0 bridgehead atoms. The van der Waals surface area contributed by atoms with Gasteiger partial charge in [0.1, 0.15) is 0 Å². The van der Waals surface area contributed by atoms with E-state index in [2.05, 4.69) is 19.2 Å². The topological polar surface area (TPSA) is 55.4 Å². The van der Waals surface area contributed by atoms with Crippen LogP contribution in [0.15, 0.2) is 29.2 Å². The van der Waals surface area contributed by atoms with Gasteiger partial charge in [-0.3, -0.25) is 0 Å². The van der Waals surface area contributed by atoms with E-state index >= 15 is 0 Å². The lowest BCUT2D eigenvalue weighted by molar-refractivity contribution is -0.00911. The molecular formula is C15H23NO3S. The highest BCUT2D eigenvalue weighted by Gasteiger charge is 2.31. The van der Waals surface area contributed by atoms with Crippen molar-refractivity contribution < 1.29 is 13.2 Å². The third kappa shape index (κ3) is 3.73. The van der Waals surface area contributed by atoms with Crippen LogP contribution in [0, 0.1) is 0 Å². The molecule has 1 aliphatic heterocycles. The van der Waals surface area contributed by atoms with Crippen LogP contribution in [0.2, 0.25) is 0 Å². The van der Waals surface area contributed by atoms with Gasteiger partial charge in [0.25, 0.3) is 0 Å². The highest BCUT2D eigenvalue weighted by atomic mass is 32.2. The van der Waals surface area contributed by atoms with Crippen molar-refractivity contribution in [3.05, 3.63) is 24.3 Å². The molecule has 0 unspecified atom stereocenters. The molecule has 1 N–H and O–H groups in total. The second-order valence-electron chi connectivity index (χ2n) is 5.85. The van der Waals surface area contributed by atoms with E-state index in [1.54, 1.807) is 19.1 Å². The van der Waals surface area contributed by atoms with Crippen LogP contribution >= 0.6 is 0 Å². The van der Waals surface area contributed by atoms with Gasteiger partial charge in [0.2, 0.25) is 0 Å². The fourth-order valence-corrected chi connectivity index (χ4v) is 3.28. The van der Waals surface area contributed by atoms with E-state index in [9.17, 15) is 8.42 Å². The molecule has 0 saturated carbocycles. The van der Waals surface area contributed by atoms with E-state index in [1.807, 2.05) is 12.1 Å². The van der Waals surface area contributed by atoms with Crippen LogP contribution in [0.3, 0.4) is 0 Å². The number of sulfone groups is 1. The summed E-state index contributed by atoms with van der Waals surface area (Å²) in [4.78, 5) is 0.379. The van der Waals surface area contributed by atoms with Crippen molar-refractivity contribution in [3.63, 3.8) is 0 Å². The van der Waals surface area contributed by atoms with E-state index in [4.69, 9.17) is 4.74 Å². The Morgan fingerprint density at radius 2 is 1.95 bits per heavy atom. The number of ether oxygens (including phenoxy) is 1. The predicted octanol–water partition coefficient (Wildman–Crippen LogP) is 2.85. The second kappa shape index (κ2) is 5.74. The number of hydrogen-bond acceptors (Lipinski definition) is 4. The molecule has 1 aliphatic rings. The molecule has 2 rings (SSSR count). The summed E-state index contributed by atoms with van der Waals surface area (Å²) in [5.74, 6) is 0.130. The van der Waals surface area contributed by atoms with Crippen molar-refractivity contribution in [3.8, 4) is 0 Å². The van der Waals surface area contributed by atoms with Crippen LogP contribution in [0.1, 0.15) is 33.6 Å². The van der Waals surface area contributed by atoms with Crippen LogP contribution < -0.4 is 5.32 Å². The summed E-state index contributed by atoms with van der Waals surface area (Å²) in [7, 11) is -3.11. The summed E-state index contributed by atoms with van der Waals surface area (Å²) in [6, 6.07) is 6.92. The Labute approximate surface area is 121 Å². The molecule has 0 aromatic heterocycles. The number of rotatable bonds is 5. The summed E-state index contributed by atoms with van der Waals surface area (Å²) in [5.41, 5.74) is 0.902. The summed E-state index contributed by atoms with van der Waals surface area (Å²) in [5, 5.41) is 3.30. The van der Waals surface area contributed by atoms with E-state index in [1.165, 1.54) is 0 Å². The molecule has 0 spiro atoms. The fourth-order valence-electron chi connectivity index (χ4n) is 2.40. The van der Waals surface area contributed by atoms with Crippen LogP contribution in [0.5, 0.6) is 0 Å². The standard InChI is InChI=1S/C15H23NO3S/c1-4-20(17,18)14-7-5-12(6-8-14)16-11-13-9-10-15(2,3)19-13/h5-8,13,16H,4,9-11H2,1-3H3/t13-/m0/s1. The third-order valence-electron chi connectivity index (χ3n) is 3.68. The molecule has 1 heterocycles. The van der Waals surface area contributed by atoms with Crippen molar-refractivity contribution in [2.24, 2.45) is 0 Å². The largest absolute Gasteiger partial charge is 0.382 e. The number of hydrogen-bond donors (Lipinski definition) is 1. The second-order valence-corrected chi connectivity index (χ2v) is 8.13. The molecule has 1 aromatic rings.